The van der Waals surface area contributed by atoms with Crippen molar-refractivity contribution in [2.75, 3.05) is 0 Å². The Labute approximate surface area is 166 Å². The molecule has 0 heterocycles. The van der Waals surface area contributed by atoms with Crippen molar-refractivity contribution in [3.05, 3.63) is 110 Å². The molecule has 0 saturated heterocycles. The molecule has 0 aliphatic heterocycles. The van der Waals surface area contributed by atoms with Gasteiger partial charge in [0, 0.05) is 29.6 Å². The fourth-order valence-electron chi connectivity index (χ4n) is 3.63. The number of hydrogen-bond donors (Lipinski definition) is 0. The van der Waals surface area contributed by atoms with Crippen molar-refractivity contribution in [3.63, 3.8) is 0 Å². The van der Waals surface area contributed by atoms with Gasteiger partial charge in [-0.2, -0.15) is 0 Å². The Morgan fingerprint density at radius 2 is 1.08 bits per heavy atom. The van der Waals surface area contributed by atoms with Gasteiger partial charge in [-0.25, -0.2) is 0 Å². The fourth-order valence-corrected chi connectivity index (χ4v) is 3.63. The summed E-state index contributed by atoms with van der Waals surface area (Å²) in [6.45, 7) is 4.66. The van der Waals surface area contributed by atoms with Gasteiger partial charge in [-0.15, -0.1) is 0 Å². The first-order valence-electron chi connectivity index (χ1n) is 7.86. The van der Waals surface area contributed by atoms with E-state index in [1.807, 2.05) is 0 Å². The second-order valence-corrected chi connectivity index (χ2v) is 10.1. The van der Waals surface area contributed by atoms with E-state index in [0.717, 1.165) is 0 Å². The van der Waals surface area contributed by atoms with E-state index in [-0.39, 0.29) is 5.41 Å². The number of halogens is 2. The zero-order chi connectivity index (χ0) is 17.2. The average Bonchev–Trinajstić information content (AvgIpc) is 3.22. The molecule has 0 aromatic rings. The molecule has 2 saturated carbocycles. The molecule has 4 aliphatic carbocycles. The van der Waals surface area contributed by atoms with Crippen LogP contribution in [0.1, 0.15) is 13.8 Å². The Morgan fingerprint density at radius 3 is 1.50 bits per heavy atom. The molecule has 0 N–H and O–H groups in total. The van der Waals surface area contributed by atoms with Crippen LogP contribution >= 0.6 is 17.0 Å². The third-order valence-electron chi connectivity index (χ3n) is 4.69. The van der Waals surface area contributed by atoms with Gasteiger partial charge in [-0.05, 0) is 37.0 Å². The quantitative estimate of drug-likeness (QED) is 0.507. The monoisotopic (exact) mass is 430 g/mol. The molecular formula is C21H18Cl2Zr+2. The van der Waals surface area contributed by atoms with Crippen LogP contribution in [0.25, 0.3) is 0 Å². The van der Waals surface area contributed by atoms with Gasteiger partial charge in [0.05, 0.1) is 0 Å². The Balaban J connectivity index is 0.000000526. The van der Waals surface area contributed by atoms with Crippen LogP contribution in [0.5, 0.6) is 0 Å². The van der Waals surface area contributed by atoms with Crippen molar-refractivity contribution in [2.24, 2.45) is 5.41 Å². The molecule has 0 bridgehead atoms. The van der Waals surface area contributed by atoms with Crippen molar-refractivity contribution in [3.8, 4) is 0 Å². The van der Waals surface area contributed by atoms with Crippen LogP contribution in [0.3, 0.4) is 0 Å². The van der Waals surface area contributed by atoms with Gasteiger partial charge in [-0.3, -0.25) is 0 Å². The van der Waals surface area contributed by atoms with E-state index in [0.29, 0.717) is 0 Å². The summed E-state index contributed by atoms with van der Waals surface area (Å²) < 4.78 is 0. The summed E-state index contributed by atoms with van der Waals surface area (Å²) in [7, 11) is 9.87. The van der Waals surface area contributed by atoms with Crippen molar-refractivity contribution in [2.45, 2.75) is 13.8 Å². The summed E-state index contributed by atoms with van der Waals surface area (Å²) in [5.41, 5.74) is 0.00616. The summed E-state index contributed by atoms with van der Waals surface area (Å²) in [5.74, 6) is 8.31. The van der Waals surface area contributed by atoms with Gasteiger partial charge < -0.3 is 0 Å². The Kier molecular flexibility index (Phi) is 6.72. The molecule has 4 rings (SSSR count). The van der Waals surface area contributed by atoms with Crippen LogP contribution in [0.2, 0.25) is 0 Å². The second-order valence-electron chi connectivity index (χ2n) is 6.34. The molecule has 0 nitrogen and oxygen atoms in total. The van der Waals surface area contributed by atoms with E-state index in [1.165, 1.54) is 35.5 Å². The van der Waals surface area contributed by atoms with Crippen LogP contribution in [0.4, 0.5) is 0 Å². The zero-order valence-corrected chi connectivity index (χ0v) is 17.7. The first-order valence-corrected chi connectivity index (χ1v) is 14.2. The summed E-state index contributed by atoms with van der Waals surface area (Å²) in [6, 6.07) is 0. The Bertz CT molecular complexity index is 506. The molecule has 0 aromatic heterocycles. The molecule has 10 radical (unpaired) electrons. The van der Waals surface area contributed by atoms with E-state index < -0.39 is 20.8 Å². The Morgan fingerprint density at radius 1 is 0.708 bits per heavy atom. The van der Waals surface area contributed by atoms with Gasteiger partial charge in [0.15, 0.2) is 0 Å². The van der Waals surface area contributed by atoms with Crippen molar-refractivity contribution >= 4 is 17.0 Å². The maximum atomic E-state index is 4.93. The van der Waals surface area contributed by atoms with E-state index in [9.17, 15) is 0 Å². The average molecular weight is 433 g/mol. The number of rotatable bonds is 2. The standard InChI is InChI=1S/C21H18.2ClH.Zr/c1-21(2,15-9-3-4-10-15)20-18-13-7-5-11-16(18)17-12-6-8-14-19(17)20;;;/h3-14H,1-2H3;2*1H;/q;;;+4/p-2. The molecule has 2 fully saturated rings. The molecule has 24 heavy (non-hydrogen) atoms. The SMILES string of the molecule is CC(C)([C]1[CH][CH][CH][CH]1)[C]1[C]2C=CC=C[C]2[C]2C=CC=C[C]21.[Cl][Zr+2][Cl]. The molecule has 0 atom stereocenters. The van der Waals surface area contributed by atoms with Crippen molar-refractivity contribution in [1.29, 1.82) is 0 Å². The first-order chi connectivity index (χ1) is 11.6. The van der Waals surface area contributed by atoms with E-state index in [2.05, 4.69) is 88.1 Å². The predicted octanol–water partition coefficient (Wildman–Crippen LogP) is 5.93. The van der Waals surface area contributed by atoms with Crippen LogP contribution < -0.4 is 0 Å². The molecule has 4 aliphatic rings. The molecule has 0 aromatic carbocycles. The summed E-state index contributed by atoms with van der Waals surface area (Å²) in [4.78, 5) is 0. The summed E-state index contributed by atoms with van der Waals surface area (Å²) in [5, 5.41) is 0. The summed E-state index contributed by atoms with van der Waals surface area (Å²) in [6.07, 6.45) is 26.3. The third-order valence-corrected chi connectivity index (χ3v) is 4.69. The number of fused-ring (bicyclic) bond motifs is 3. The van der Waals surface area contributed by atoms with Gasteiger partial charge in [0.25, 0.3) is 0 Å². The topological polar surface area (TPSA) is 0 Å². The molecule has 3 heteroatoms. The van der Waals surface area contributed by atoms with Gasteiger partial charge in [-0.1, -0.05) is 62.5 Å². The van der Waals surface area contributed by atoms with Gasteiger partial charge in [0.2, 0.25) is 0 Å². The normalized spacial score (nSPS) is 25.5. The van der Waals surface area contributed by atoms with Gasteiger partial charge >= 0.3 is 37.9 Å². The molecule has 0 spiro atoms. The van der Waals surface area contributed by atoms with E-state index >= 15 is 0 Å². The van der Waals surface area contributed by atoms with Gasteiger partial charge in [0.1, 0.15) is 0 Å². The van der Waals surface area contributed by atoms with E-state index in [1.54, 1.807) is 0 Å². The van der Waals surface area contributed by atoms with Crippen molar-refractivity contribution < 1.29 is 20.8 Å². The molecule has 0 amide bonds. The minimum absolute atomic E-state index is 0.00616. The Hall–Kier alpha value is 0.423. The fraction of sp³-hybridized carbons (Fsp3) is 0.143. The number of allylic oxidation sites excluding steroid dienone is 8. The minimum atomic E-state index is -0.826. The third kappa shape index (κ3) is 3.61. The van der Waals surface area contributed by atoms with Crippen LogP contribution in [-0.2, 0) is 20.8 Å². The number of hydrogen-bond acceptors (Lipinski definition) is 0. The van der Waals surface area contributed by atoms with Crippen LogP contribution in [0.15, 0.2) is 48.6 Å². The maximum absolute atomic E-state index is 4.93. The molecular weight excluding hydrogens is 414 g/mol. The zero-order valence-electron chi connectivity index (χ0n) is 13.7. The van der Waals surface area contributed by atoms with E-state index in [4.69, 9.17) is 17.0 Å². The molecule has 118 valence electrons. The summed E-state index contributed by atoms with van der Waals surface area (Å²) >= 11 is -0.826. The second kappa shape index (κ2) is 8.41. The van der Waals surface area contributed by atoms with Crippen LogP contribution in [-0.4, -0.2) is 0 Å². The van der Waals surface area contributed by atoms with Crippen LogP contribution in [0, 0.1) is 66.6 Å². The predicted molar refractivity (Wildman–Crippen MR) is 98.7 cm³/mol. The first kappa shape index (κ1) is 19.2. The molecule has 0 unspecified atom stereocenters. The van der Waals surface area contributed by atoms with Crippen molar-refractivity contribution in [1.82, 2.24) is 0 Å².